The maximum Gasteiger partial charge on any atom is 0.222 e. The highest BCUT2D eigenvalue weighted by Gasteiger charge is 2.12. The molecule has 0 heterocycles. The van der Waals surface area contributed by atoms with Crippen LogP contribution in [0.5, 0.6) is 0 Å². The van der Waals surface area contributed by atoms with Gasteiger partial charge in [0.2, 0.25) is 5.91 Å². The van der Waals surface area contributed by atoms with E-state index in [1.54, 1.807) is 7.11 Å². The number of carbonyl (C=O) groups excluding carboxylic acids is 1. The number of hydrogen-bond acceptors (Lipinski definition) is 3. The summed E-state index contributed by atoms with van der Waals surface area (Å²) < 4.78 is 4.90. The molecule has 4 heteroatoms. The van der Waals surface area contributed by atoms with Crippen LogP contribution in [-0.2, 0) is 9.53 Å². The number of rotatable bonds is 8. The fourth-order valence-electron chi connectivity index (χ4n) is 1.17. The maximum atomic E-state index is 11.5. The lowest BCUT2D eigenvalue weighted by Gasteiger charge is -2.13. The van der Waals surface area contributed by atoms with E-state index in [4.69, 9.17) is 4.74 Å². The van der Waals surface area contributed by atoms with Crippen molar-refractivity contribution in [2.45, 2.75) is 39.2 Å². The Kier molecular flexibility index (Phi) is 8.33. The SMILES string of the molecule is CCC(O)CCNC(=O)C(C)CCOC. The molecule has 0 rings (SSSR count). The van der Waals surface area contributed by atoms with Gasteiger partial charge in [-0.25, -0.2) is 0 Å². The molecule has 0 saturated carbocycles. The lowest BCUT2D eigenvalue weighted by atomic mass is 10.1. The number of nitrogens with one attached hydrogen (secondary N) is 1. The number of carbonyl (C=O) groups is 1. The minimum atomic E-state index is -0.306. The Morgan fingerprint density at radius 2 is 2.13 bits per heavy atom. The van der Waals surface area contributed by atoms with E-state index in [1.807, 2.05) is 13.8 Å². The first-order valence-corrected chi connectivity index (χ1v) is 5.56. The summed E-state index contributed by atoms with van der Waals surface area (Å²) in [5.41, 5.74) is 0. The van der Waals surface area contributed by atoms with E-state index in [2.05, 4.69) is 5.32 Å². The summed E-state index contributed by atoms with van der Waals surface area (Å²) in [6, 6.07) is 0. The molecule has 0 aliphatic heterocycles. The fraction of sp³-hybridized carbons (Fsp3) is 0.909. The lowest BCUT2D eigenvalue weighted by molar-refractivity contribution is -0.125. The Balaban J connectivity index is 3.55. The van der Waals surface area contributed by atoms with Crippen LogP contribution in [0.25, 0.3) is 0 Å². The molecule has 0 saturated heterocycles. The summed E-state index contributed by atoms with van der Waals surface area (Å²) in [4.78, 5) is 11.5. The van der Waals surface area contributed by atoms with Gasteiger partial charge < -0.3 is 15.2 Å². The van der Waals surface area contributed by atoms with Gasteiger partial charge in [0.15, 0.2) is 0 Å². The van der Waals surface area contributed by atoms with Crippen LogP contribution in [0.15, 0.2) is 0 Å². The number of hydrogen-bond donors (Lipinski definition) is 2. The van der Waals surface area contributed by atoms with Gasteiger partial charge in [0.1, 0.15) is 0 Å². The van der Waals surface area contributed by atoms with Crippen molar-refractivity contribution in [2.24, 2.45) is 5.92 Å². The van der Waals surface area contributed by atoms with Gasteiger partial charge in [0, 0.05) is 26.2 Å². The normalized spacial score (nSPS) is 14.7. The minimum Gasteiger partial charge on any atom is -0.393 e. The fourth-order valence-corrected chi connectivity index (χ4v) is 1.17. The molecule has 0 aliphatic rings. The highest BCUT2D eigenvalue weighted by molar-refractivity contribution is 5.78. The summed E-state index contributed by atoms with van der Waals surface area (Å²) in [5, 5.41) is 12.1. The first-order chi connectivity index (χ1) is 7.11. The average molecular weight is 217 g/mol. The molecule has 1 amide bonds. The van der Waals surface area contributed by atoms with E-state index in [-0.39, 0.29) is 17.9 Å². The zero-order chi connectivity index (χ0) is 11.7. The molecule has 0 radical (unpaired) electrons. The first kappa shape index (κ1) is 14.4. The van der Waals surface area contributed by atoms with Gasteiger partial charge in [-0.05, 0) is 19.3 Å². The zero-order valence-corrected chi connectivity index (χ0v) is 9.95. The minimum absolute atomic E-state index is 0.0243. The Hall–Kier alpha value is -0.610. The molecule has 90 valence electrons. The molecule has 0 aromatic heterocycles. The molecule has 0 spiro atoms. The predicted molar refractivity (Wildman–Crippen MR) is 59.6 cm³/mol. The monoisotopic (exact) mass is 217 g/mol. The highest BCUT2D eigenvalue weighted by Crippen LogP contribution is 2.02. The first-order valence-electron chi connectivity index (χ1n) is 5.56. The lowest BCUT2D eigenvalue weighted by Crippen LogP contribution is -2.32. The predicted octanol–water partition coefficient (Wildman–Crippen LogP) is 0.936. The van der Waals surface area contributed by atoms with Gasteiger partial charge in [0.05, 0.1) is 6.10 Å². The molecular weight excluding hydrogens is 194 g/mol. The van der Waals surface area contributed by atoms with E-state index in [0.29, 0.717) is 19.6 Å². The van der Waals surface area contributed by atoms with Crippen molar-refractivity contribution in [3.63, 3.8) is 0 Å². The molecule has 2 atom stereocenters. The number of ether oxygens (including phenoxy) is 1. The van der Waals surface area contributed by atoms with E-state index < -0.39 is 0 Å². The van der Waals surface area contributed by atoms with Crippen molar-refractivity contribution in [3.05, 3.63) is 0 Å². The van der Waals surface area contributed by atoms with Crippen molar-refractivity contribution >= 4 is 5.91 Å². The molecule has 4 nitrogen and oxygen atoms in total. The quantitative estimate of drug-likeness (QED) is 0.636. The molecule has 0 aromatic rings. The smallest absolute Gasteiger partial charge is 0.222 e. The van der Waals surface area contributed by atoms with Gasteiger partial charge in [0.25, 0.3) is 0 Å². The number of amides is 1. The standard InChI is InChI=1S/C11H23NO3/c1-4-10(13)5-7-12-11(14)9(2)6-8-15-3/h9-10,13H,4-8H2,1-3H3,(H,12,14). The van der Waals surface area contributed by atoms with Crippen LogP contribution >= 0.6 is 0 Å². The average Bonchev–Trinajstić information content (AvgIpc) is 2.25. The van der Waals surface area contributed by atoms with Gasteiger partial charge >= 0.3 is 0 Å². The molecular formula is C11H23NO3. The largest absolute Gasteiger partial charge is 0.393 e. The maximum absolute atomic E-state index is 11.5. The molecule has 0 fully saturated rings. The van der Waals surface area contributed by atoms with Gasteiger partial charge in [-0.1, -0.05) is 13.8 Å². The highest BCUT2D eigenvalue weighted by atomic mass is 16.5. The summed E-state index contributed by atoms with van der Waals surface area (Å²) in [6.07, 6.45) is 1.78. The van der Waals surface area contributed by atoms with Crippen LogP contribution in [0.2, 0.25) is 0 Å². The molecule has 15 heavy (non-hydrogen) atoms. The molecule has 2 unspecified atom stereocenters. The summed E-state index contributed by atoms with van der Waals surface area (Å²) in [5.74, 6) is 0.0130. The molecule has 0 aliphatic carbocycles. The van der Waals surface area contributed by atoms with Crippen LogP contribution in [-0.4, -0.2) is 37.4 Å². The van der Waals surface area contributed by atoms with E-state index >= 15 is 0 Å². The second kappa shape index (κ2) is 8.68. The van der Waals surface area contributed by atoms with Crippen LogP contribution in [0.3, 0.4) is 0 Å². The molecule has 0 bridgehead atoms. The second-order valence-corrected chi connectivity index (χ2v) is 3.82. The molecule has 0 aromatic carbocycles. The van der Waals surface area contributed by atoms with E-state index in [0.717, 1.165) is 12.8 Å². The number of aliphatic hydroxyl groups excluding tert-OH is 1. The Morgan fingerprint density at radius 3 is 2.67 bits per heavy atom. The van der Waals surface area contributed by atoms with Crippen molar-refractivity contribution < 1.29 is 14.6 Å². The van der Waals surface area contributed by atoms with Crippen molar-refractivity contribution in [2.75, 3.05) is 20.3 Å². The summed E-state index contributed by atoms with van der Waals surface area (Å²) in [6.45, 7) is 4.95. The summed E-state index contributed by atoms with van der Waals surface area (Å²) >= 11 is 0. The van der Waals surface area contributed by atoms with Gasteiger partial charge in [-0.3, -0.25) is 4.79 Å². The molecule has 2 N–H and O–H groups in total. The third-order valence-corrected chi connectivity index (χ3v) is 2.45. The van der Waals surface area contributed by atoms with E-state index in [1.165, 1.54) is 0 Å². The van der Waals surface area contributed by atoms with Crippen molar-refractivity contribution in [1.82, 2.24) is 5.32 Å². The number of methoxy groups -OCH3 is 1. The Labute approximate surface area is 92.0 Å². The van der Waals surface area contributed by atoms with Crippen LogP contribution in [0, 0.1) is 5.92 Å². The van der Waals surface area contributed by atoms with Crippen LogP contribution in [0.4, 0.5) is 0 Å². The second-order valence-electron chi connectivity index (χ2n) is 3.82. The number of aliphatic hydroxyl groups is 1. The van der Waals surface area contributed by atoms with Crippen molar-refractivity contribution in [1.29, 1.82) is 0 Å². The topological polar surface area (TPSA) is 58.6 Å². The van der Waals surface area contributed by atoms with Gasteiger partial charge in [-0.15, -0.1) is 0 Å². The van der Waals surface area contributed by atoms with Gasteiger partial charge in [-0.2, -0.15) is 0 Å². The third-order valence-electron chi connectivity index (χ3n) is 2.45. The van der Waals surface area contributed by atoms with Crippen LogP contribution in [0.1, 0.15) is 33.1 Å². The Bertz CT molecular complexity index is 173. The zero-order valence-electron chi connectivity index (χ0n) is 9.95. The Morgan fingerprint density at radius 1 is 1.47 bits per heavy atom. The summed E-state index contributed by atoms with van der Waals surface area (Å²) in [7, 11) is 1.63. The van der Waals surface area contributed by atoms with Crippen LogP contribution < -0.4 is 5.32 Å². The van der Waals surface area contributed by atoms with E-state index in [9.17, 15) is 9.90 Å². The van der Waals surface area contributed by atoms with Crippen molar-refractivity contribution in [3.8, 4) is 0 Å². The third kappa shape index (κ3) is 7.33.